The molecule has 21 heavy (non-hydrogen) atoms. The number of hydrogen-bond acceptors (Lipinski definition) is 3. The zero-order chi connectivity index (χ0) is 15.0. The van der Waals surface area contributed by atoms with Crippen LogP contribution in [-0.2, 0) is 0 Å². The van der Waals surface area contributed by atoms with Crippen molar-refractivity contribution in [3.63, 3.8) is 0 Å². The van der Waals surface area contributed by atoms with Gasteiger partial charge in [0.2, 0.25) is 0 Å². The summed E-state index contributed by atoms with van der Waals surface area (Å²) in [5, 5.41) is 9.30. The molecule has 3 rings (SSSR count). The zero-order valence-corrected chi connectivity index (χ0v) is 12.7. The van der Waals surface area contributed by atoms with Crippen molar-refractivity contribution >= 4 is 27.4 Å². The van der Waals surface area contributed by atoms with Crippen molar-refractivity contribution in [2.75, 3.05) is 7.11 Å². The molecule has 2 aromatic heterocycles. The number of carbonyl (C=O) groups is 1. The fourth-order valence-electron chi connectivity index (χ4n) is 2.15. The number of fused-ring (bicyclic) bond motifs is 1. The molecule has 6 heteroatoms. The number of nitrogens with zero attached hydrogens (tertiary/aromatic N) is 2. The molecule has 0 atom stereocenters. The molecule has 0 radical (unpaired) electrons. The van der Waals surface area contributed by atoms with E-state index in [1.807, 2.05) is 24.3 Å². The highest BCUT2D eigenvalue weighted by molar-refractivity contribution is 9.10. The van der Waals surface area contributed by atoms with Crippen molar-refractivity contribution < 1.29 is 14.6 Å². The van der Waals surface area contributed by atoms with Crippen molar-refractivity contribution in [2.45, 2.75) is 0 Å². The first-order valence-electron chi connectivity index (χ1n) is 6.15. The third kappa shape index (κ3) is 2.38. The van der Waals surface area contributed by atoms with E-state index in [1.54, 1.807) is 29.8 Å². The van der Waals surface area contributed by atoms with E-state index < -0.39 is 5.97 Å². The maximum Gasteiger partial charge on any atom is 0.356 e. The van der Waals surface area contributed by atoms with Gasteiger partial charge in [0, 0.05) is 10.0 Å². The van der Waals surface area contributed by atoms with Crippen LogP contribution in [-0.4, -0.2) is 27.6 Å². The van der Waals surface area contributed by atoms with E-state index in [0.29, 0.717) is 17.1 Å². The van der Waals surface area contributed by atoms with Crippen LogP contribution in [0.25, 0.3) is 16.9 Å². The Morgan fingerprint density at radius 2 is 1.95 bits per heavy atom. The van der Waals surface area contributed by atoms with Gasteiger partial charge in [0.1, 0.15) is 11.6 Å². The van der Waals surface area contributed by atoms with Crippen LogP contribution in [0.1, 0.15) is 10.5 Å². The third-order valence-corrected chi connectivity index (χ3v) is 3.68. The van der Waals surface area contributed by atoms with Gasteiger partial charge < -0.3 is 9.84 Å². The Hall–Kier alpha value is -2.34. The zero-order valence-electron chi connectivity index (χ0n) is 11.1. The Morgan fingerprint density at radius 1 is 1.24 bits per heavy atom. The molecule has 0 aliphatic rings. The lowest BCUT2D eigenvalue weighted by Crippen LogP contribution is -1.97. The summed E-state index contributed by atoms with van der Waals surface area (Å²) in [4.78, 5) is 15.6. The summed E-state index contributed by atoms with van der Waals surface area (Å²) in [7, 11) is 1.56. The highest BCUT2D eigenvalue weighted by atomic mass is 79.9. The van der Waals surface area contributed by atoms with Gasteiger partial charge >= 0.3 is 5.97 Å². The van der Waals surface area contributed by atoms with E-state index in [-0.39, 0.29) is 5.69 Å². The second-order valence-electron chi connectivity index (χ2n) is 4.42. The number of benzene rings is 1. The summed E-state index contributed by atoms with van der Waals surface area (Å²) in [5.41, 5.74) is 1.38. The van der Waals surface area contributed by atoms with E-state index in [4.69, 9.17) is 4.74 Å². The Balaban J connectivity index is 2.30. The molecule has 0 saturated carbocycles. The van der Waals surface area contributed by atoms with Crippen LogP contribution in [0.15, 0.2) is 47.1 Å². The second kappa shape index (κ2) is 5.21. The van der Waals surface area contributed by atoms with Crippen molar-refractivity contribution in [1.82, 2.24) is 9.38 Å². The van der Waals surface area contributed by atoms with Crippen LogP contribution in [0.4, 0.5) is 0 Å². The molecular formula is C15H11BrN2O3. The van der Waals surface area contributed by atoms with Gasteiger partial charge in [-0.3, -0.25) is 4.40 Å². The van der Waals surface area contributed by atoms with Crippen molar-refractivity contribution in [3.05, 3.63) is 52.8 Å². The number of hydrogen-bond donors (Lipinski definition) is 1. The highest BCUT2D eigenvalue weighted by Gasteiger charge is 2.18. The summed E-state index contributed by atoms with van der Waals surface area (Å²) in [5.74, 6) is 0.144. The molecule has 0 amide bonds. The van der Waals surface area contributed by atoms with Gasteiger partial charge in [0.25, 0.3) is 0 Å². The molecule has 1 N–H and O–H groups in total. The maximum absolute atomic E-state index is 11.4. The van der Waals surface area contributed by atoms with Gasteiger partial charge in [-0.25, -0.2) is 9.78 Å². The standard InChI is InChI=1S/C15H11BrN2O3/c1-21-11-6-7-12-13(15(19)20)17-14(18(12)8-11)9-2-4-10(16)5-3-9/h2-8H,1H3,(H,19,20). The minimum Gasteiger partial charge on any atom is -0.495 e. The molecule has 106 valence electrons. The van der Waals surface area contributed by atoms with Crippen molar-refractivity contribution in [2.24, 2.45) is 0 Å². The average molecular weight is 347 g/mol. The van der Waals surface area contributed by atoms with Gasteiger partial charge in [-0.2, -0.15) is 0 Å². The SMILES string of the molecule is COc1ccc2c(C(=O)O)nc(-c3ccc(Br)cc3)n2c1. The first kappa shape index (κ1) is 13.6. The number of pyridine rings is 1. The normalized spacial score (nSPS) is 10.8. The number of rotatable bonds is 3. The topological polar surface area (TPSA) is 63.8 Å². The molecule has 3 aromatic rings. The average Bonchev–Trinajstić information content (AvgIpc) is 2.87. The predicted octanol–water partition coefficient (Wildman–Crippen LogP) is 3.47. The van der Waals surface area contributed by atoms with E-state index in [2.05, 4.69) is 20.9 Å². The second-order valence-corrected chi connectivity index (χ2v) is 5.34. The third-order valence-electron chi connectivity index (χ3n) is 3.15. The highest BCUT2D eigenvalue weighted by Crippen LogP contribution is 2.26. The molecule has 0 aliphatic heterocycles. The van der Waals surface area contributed by atoms with Gasteiger partial charge in [-0.15, -0.1) is 0 Å². The lowest BCUT2D eigenvalue weighted by atomic mass is 10.2. The van der Waals surface area contributed by atoms with E-state index >= 15 is 0 Å². The Kier molecular flexibility index (Phi) is 3.39. The van der Waals surface area contributed by atoms with Crippen molar-refractivity contribution in [3.8, 4) is 17.1 Å². The van der Waals surface area contributed by atoms with Crippen LogP contribution in [0.3, 0.4) is 0 Å². The molecule has 1 aromatic carbocycles. The maximum atomic E-state index is 11.4. The predicted molar refractivity (Wildman–Crippen MR) is 81.8 cm³/mol. The summed E-state index contributed by atoms with van der Waals surface area (Å²) in [6.07, 6.45) is 1.73. The number of aromatic nitrogens is 2. The molecule has 0 fully saturated rings. The van der Waals surface area contributed by atoms with Crippen LogP contribution < -0.4 is 4.74 Å². The number of ether oxygens (including phenoxy) is 1. The first-order valence-corrected chi connectivity index (χ1v) is 6.95. The molecular weight excluding hydrogens is 336 g/mol. The number of carboxylic acids is 1. The fraction of sp³-hybridized carbons (Fsp3) is 0.0667. The molecule has 0 saturated heterocycles. The number of carboxylic acid groups (broad SMARTS) is 1. The minimum absolute atomic E-state index is 0.0237. The van der Waals surface area contributed by atoms with E-state index in [9.17, 15) is 9.90 Å². The molecule has 0 unspecified atom stereocenters. The minimum atomic E-state index is -1.05. The molecule has 5 nitrogen and oxygen atoms in total. The Bertz CT molecular complexity index is 825. The molecule has 0 aliphatic carbocycles. The smallest absolute Gasteiger partial charge is 0.356 e. The largest absolute Gasteiger partial charge is 0.495 e. The van der Waals surface area contributed by atoms with Gasteiger partial charge in [-0.1, -0.05) is 28.1 Å². The summed E-state index contributed by atoms with van der Waals surface area (Å²) in [6.45, 7) is 0. The van der Waals surface area contributed by atoms with E-state index in [1.165, 1.54) is 0 Å². The van der Waals surface area contributed by atoms with E-state index in [0.717, 1.165) is 10.0 Å². The number of methoxy groups -OCH3 is 1. The molecule has 0 bridgehead atoms. The van der Waals surface area contributed by atoms with Crippen LogP contribution in [0.2, 0.25) is 0 Å². The van der Waals surface area contributed by atoms with Crippen LogP contribution in [0.5, 0.6) is 5.75 Å². The Labute approximate surface area is 128 Å². The summed E-state index contributed by atoms with van der Waals surface area (Å²) >= 11 is 3.38. The van der Waals surface area contributed by atoms with Crippen molar-refractivity contribution in [1.29, 1.82) is 0 Å². The molecule has 0 spiro atoms. The number of imidazole rings is 1. The Morgan fingerprint density at radius 3 is 2.57 bits per heavy atom. The van der Waals surface area contributed by atoms with Crippen LogP contribution >= 0.6 is 15.9 Å². The van der Waals surface area contributed by atoms with Crippen LogP contribution in [0, 0.1) is 0 Å². The fourth-order valence-corrected chi connectivity index (χ4v) is 2.41. The molecule has 2 heterocycles. The van der Waals surface area contributed by atoms with Gasteiger partial charge in [0.15, 0.2) is 5.69 Å². The monoisotopic (exact) mass is 346 g/mol. The number of aromatic carboxylic acids is 1. The van der Waals surface area contributed by atoms with Gasteiger partial charge in [-0.05, 0) is 24.3 Å². The van der Waals surface area contributed by atoms with Gasteiger partial charge in [0.05, 0.1) is 18.8 Å². The summed E-state index contributed by atoms with van der Waals surface area (Å²) in [6, 6.07) is 10.9. The first-order chi connectivity index (χ1) is 10.1. The quantitative estimate of drug-likeness (QED) is 0.788. The lowest BCUT2D eigenvalue weighted by molar-refractivity contribution is 0.0693. The lowest BCUT2D eigenvalue weighted by Gasteiger charge is -2.04. The number of halogens is 1. The summed E-state index contributed by atoms with van der Waals surface area (Å²) < 4.78 is 7.87.